The van der Waals surface area contributed by atoms with Gasteiger partial charge in [-0.15, -0.1) is 0 Å². The highest BCUT2D eigenvalue weighted by Gasteiger charge is 2.35. The largest absolute Gasteiger partial charge is 0.478 e. The summed E-state index contributed by atoms with van der Waals surface area (Å²) in [5.74, 6) is -0.734. The van der Waals surface area contributed by atoms with Crippen molar-refractivity contribution in [3.05, 3.63) is 29.3 Å². The van der Waals surface area contributed by atoms with Gasteiger partial charge in [-0.2, -0.15) is 0 Å². The van der Waals surface area contributed by atoms with Gasteiger partial charge in [-0.1, -0.05) is 0 Å². The zero-order valence-electron chi connectivity index (χ0n) is 11.5. The van der Waals surface area contributed by atoms with Gasteiger partial charge in [0.05, 0.1) is 5.56 Å². The van der Waals surface area contributed by atoms with Crippen LogP contribution in [0.25, 0.3) is 0 Å². The molecule has 2 heterocycles. The molecule has 1 amide bonds. The van der Waals surface area contributed by atoms with Gasteiger partial charge in [-0.05, 0) is 43.0 Å². The lowest BCUT2D eigenvalue weighted by molar-refractivity contribution is -0.127. The molecule has 0 bridgehead atoms. The Morgan fingerprint density at radius 1 is 1.35 bits per heavy atom. The van der Waals surface area contributed by atoms with Gasteiger partial charge in [0.15, 0.2) is 0 Å². The number of hydrogen-bond acceptors (Lipinski definition) is 3. The second-order valence-corrected chi connectivity index (χ2v) is 5.51. The van der Waals surface area contributed by atoms with Crippen LogP contribution in [0.3, 0.4) is 0 Å². The average molecular weight is 274 g/mol. The molecule has 2 aliphatic heterocycles. The number of anilines is 1. The van der Waals surface area contributed by atoms with E-state index in [0.29, 0.717) is 5.56 Å². The normalized spacial score (nSPS) is 22.1. The van der Waals surface area contributed by atoms with Crippen LogP contribution in [0, 0.1) is 0 Å². The Morgan fingerprint density at radius 3 is 2.80 bits per heavy atom. The first kappa shape index (κ1) is 13.0. The maximum atomic E-state index is 12.2. The highest BCUT2D eigenvalue weighted by atomic mass is 16.4. The summed E-state index contributed by atoms with van der Waals surface area (Å²) in [6.07, 6.45) is 2.68. The summed E-state index contributed by atoms with van der Waals surface area (Å²) in [4.78, 5) is 27.1. The first-order chi connectivity index (χ1) is 9.58. The molecule has 1 fully saturated rings. The number of hydrogen-bond donors (Lipinski definition) is 1. The van der Waals surface area contributed by atoms with E-state index in [4.69, 9.17) is 5.11 Å². The summed E-state index contributed by atoms with van der Waals surface area (Å²) >= 11 is 0. The average Bonchev–Trinajstić information content (AvgIpc) is 2.77. The molecule has 106 valence electrons. The number of carboxylic acids is 1. The number of likely N-dealkylation sites (N-methyl/N-ethyl adjacent to an activating group) is 1. The lowest BCUT2D eigenvalue weighted by Gasteiger charge is -2.35. The minimum Gasteiger partial charge on any atom is -0.478 e. The molecule has 1 atom stereocenters. The number of carboxylic acid groups (broad SMARTS) is 1. The highest BCUT2D eigenvalue weighted by Crippen LogP contribution is 2.32. The van der Waals surface area contributed by atoms with Crippen molar-refractivity contribution in [2.75, 3.05) is 25.0 Å². The van der Waals surface area contributed by atoms with E-state index in [1.165, 1.54) is 0 Å². The van der Waals surface area contributed by atoms with Crippen LogP contribution in [0.4, 0.5) is 5.69 Å². The topological polar surface area (TPSA) is 60.9 Å². The number of amides is 1. The van der Waals surface area contributed by atoms with Gasteiger partial charge < -0.3 is 14.9 Å². The molecule has 5 nitrogen and oxygen atoms in total. The van der Waals surface area contributed by atoms with E-state index in [1.54, 1.807) is 17.0 Å². The van der Waals surface area contributed by atoms with Crippen molar-refractivity contribution in [1.29, 1.82) is 0 Å². The molecule has 0 spiro atoms. The van der Waals surface area contributed by atoms with Crippen molar-refractivity contribution in [2.24, 2.45) is 0 Å². The van der Waals surface area contributed by atoms with E-state index in [0.717, 1.165) is 43.6 Å². The monoisotopic (exact) mass is 274 g/mol. The van der Waals surface area contributed by atoms with Crippen LogP contribution in [0.15, 0.2) is 18.2 Å². The first-order valence-electron chi connectivity index (χ1n) is 6.96. The Hall–Kier alpha value is -2.04. The van der Waals surface area contributed by atoms with Crippen molar-refractivity contribution >= 4 is 17.6 Å². The molecule has 5 heteroatoms. The van der Waals surface area contributed by atoms with Crippen LogP contribution < -0.4 is 4.90 Å². The summed E-state index contributed by atoms with van der Waals surface area (Å²) < 4.78 is 0. The number of benzene rings is 1. The van der Waals surface area contributed by atoms with Crippen molar-refractivity contribution in [3.63, 3.8) is 0 Å². The Balaban J connectivity index is 1.94. The Labute approximate surface area is 117 Å². The fraction of sp³-hybridized carbons (Fsp3) is 0.467. The fourth-order valence-electron chi connectivity index (χ4n) is 3.18. The molecule has 0 radical (unpaired) electrons. The molecular formula is C15H18N2O3. The lowest BCUT2D eigenvalue weighted by atomic mass is 9.97. The molecule has 1 saturated heterocycles. The molecule has 20 heavy (non-hydrogen) atoms. The van der Waals surface area contributed by atoms with Gasteiger partial charge in [0, 0.05) is 25.8 Å². The number of aryl methyl sites for hydroxylation is 1. The van der Waals surface area contributed by atoms with Crippen LogP contribution in [-0.2, 0) is 11.2 Å². The highest BCUT2D eigenvalue weighted by molar-refractivity contribution is 5.90. The summed E-state index contributed by atoms with van der Waals surface area (Å²) in [6, 6.07) is 5.13. The molecule has 2 aliphatic rings. The predicted octanol–water partition coefficient (Wildman–Crippen LogP) is 1.37. The van der Waals surface area contributed by atoms with E-state index in [1.807, 2.05) is 13.1 Å². The van der Waals surface area contributed by atoms with Crippen molar-refractivity contribution in [3.8, 4) is 0 Å². The summed E-state index contributed by atoms with van der Waals surface area (Å²) in [5, 5.41) is 9.07. The van der Waals surface area contributed by atoms with Crippen LogP contribution in [-0.4, -0.2) is 48.1 Å². The molecule has 1 unspecified atom stereocenters. The number of nitrogens with zero attached hydrogens (tertiary/aromatic N) is 2. The zero-order valence-corrected chi connectivity index (χ0v) is 11.5. The third-order valence-electron chi connectivity index (χ3n) is 4.26. The standard InChI is InChI=1S/C15H18N2O3/c1-16-8-6-13(14(16)18)17-7-2-3-10-9-11(15(19)20)4-5-12(10)17/h4-5,9,13H,2-3,6-8H2,1H3,(H,19,20). The first-order valence-corrected chi connectivity index (χ1v) is 6.96. The summed E-state index contributed by atoms with van der Waals surface area (Å²) in [5.41, 5.74) is 2.38. The Kier molecular flexibility index (Phi) is 3.12. The Bertz CT molecular complexity index is 570. The smallest absolute Gasteiger partial charge is 0.335 e. The Morgan fingerprint density at radius 2 is 2.15 bits per heavy atom. The molecule has 3 rings (SSSR count). The van der Waals surface area contributed by atoms with E-state index in [-0.39, 0.29) is 11.9 Å². The van der Waals surface area contributed by atoms with Gasteiger partial charge in [0.1, 0.15) is 6.04 Å². The number of fused-ring (bicyclic) bond motifs is 1. The molecule has 0 saturated carbocycles. The van der Waals surface area contributed by atoms with Crippen LogP contribution in [0.5, 0.6) is 0 Å². The summed E-state index contributed by atoms with van der Waals surface area (Å²) in [7, 11) is 1.83. The molecule has 1 aromatic carbocycles. The van der Waals surface area contributed by atoms with Crippen molar-refractivity contribution in [1.82, 2.24) is 4.90 Å². The number of carbonyl (C=O) groups excluding carboxylic acids is 1. The zero-order chi connectivity index (χ0) is 14.3. The molecule has 1 N–H and O–H groups in total. The minimum atomic E-state index is -0.901. The van der Waals surface area contributed by atoms with E-state index in [9.17, 15) is 9.59 Å². The lowest BCUT2D eigenvalue weighted by Crippen LogP contribution is -2.43. The van der Waals surface area contributed by atoms with Gasteiger partial charge in [-0.25, -0.2) is 4.79 Å². The molecule has 0 aromatic heterocycles. The van der Waals surface area contributed by atoms with E-state index in [2.05, 4.69) is 4.90 Å². The van der Waals surface area contributed by atoms with Crippen LogP contribution >= 0.6 is 0 Å². The quantitative estimate of drug-likeness (QED) is 0.884. The summed E-state index contributed by atoms with van der Waals surface area (Å²) in [6.45, 7) is 1.66. The maximum Gasteiger partial charge on any atom is 0.335 e. The van der Waals surface area contributed by atoms with Crippen molar-refractivity contribution < 1.29 is 14.7 Å². The van der Waals surface area contributed by atoms with Crippen LogP contribution in [0.2, 0.25) is 0 Å². The number of carbonyl (C=O) groups is 2. The van der Waals surface area contributed by atoms with Gasteiger partial charge >= 0.3 is 5.97 Å². The SMILES string of the molecule is CN1CCC(N2CCCc3cc(C(=O)O)ccc32)C1=O. The number of likely N-dealkylation sites (tertiary alicyclic amines) is 1. The maximum absolute atomic E-state index is 12.2. The van der Waals surface area contributed by atoms with Gasteiger partial charge in [-0.3, -0.25) is 4.79 Å². The van der Waals surface area contributed by atoms with Gasteiger partial charge in [0.2, 0.25) is 5.91 Å². The third-order valence-corrected chi connectivity index (χ3v) is 4.26. The van der Waals surface area contributed by atoms with Crippen LogP contribution in [0.1, 0.15) is 28.8 Å². The second-order valence-electron chi connectivity index (χ2n) is 5.51. The van der Waals surface area contributed by atoms with Crippen molar-refractivity contribution in [2.45, 2.75) is 25.3 Å². The molecule has 0 aliphatic carbocycles. The number of rotatable bonds is 2. The minimum absolute atomic E-state index is 0.0882. The fourth-order valence-corrected chi connectivity index (χ4v) is 3.18. The molecule has 1 aromatic rings. The van der Waals surface area contributed by atoms with E-state index < -0.39 is 5.97 Å². The van der Waals surface area contributed by atoms with Gasteiger partial charge in [0.25, 0.3) is 0 Å². The number of aromatic carboxylic acids is 1. The molecular weight excluding hydrogens is 256 g/mol. The van der Waals surface area contributed by atoms with E-state index >= 15 is 0 Å². The predicted molar refractivity (Wildman–Crippen MR) is 75.1 cm³/mol. The third kappa shape index (κ3) is 2.03. The second kappa shape index (κ2) is 4.81.